The van der Waals surface area contributed by atoms with Gasteiger partial charge in [-0.2, -0.15) is 5.48 Å². The molecule has 1 atom stereocenters. The molecular weight excluding hydrogens is 213 g/mol. The van der Waals surface area contributed by atoms with Gasteiger partial charge in [0.05, 0.1) is 0 Å². The van der Waals surface area contributed by atoms with Gasteiger partial charge in [-0.1, -0.05) is 29.3 Å². The van der Waals surface area contributed by atoms with Crippen LogP contribution in [0.4, 0.5) is 0 Å². The maximum Gasteiger partial charge on any atom is 0.143 e. The van der Waals surface area contributed by atoms with E-state index in [0.29, 0.717) is 21.9 Å². The van der Waals surface area contributed by atoms with Gasteiger partial charge in [-0.3, -0.25) is 0 Å². The molecule has 3 nitrogen and oxygen atoms in total. The highest BCUT2D eigenvalue weighted by Gasteiger charge is 2.15. The van der Waals surface area contributed by atoms with Crippen molar-refractivity contribution in [2.75, 3.05) is 0 Å². The van der Waals surface area contributed by atoms with Crippen LogP contribution in [0.1, 0.15) is 11.6 Å². The maximum atomic E-state index is 10.5. The van der Waals surface area contributed by atoms with Gasteiger partial charge in [0.1, 0.15) is 12.3 Å². The normalized spacial score (nSPS) is 12.5. The van der Waals surface area contributed by atoms with Gasteiger partial charge in [0.15, 0.2) is 0 Å². The largest absolute Gasteiger partial charge is 0.316 e. The van der Waals surface area contributed by atoms with Gasteiger partial charge < -0.3 is 10.0 Å². The molecule has 0 saturated heterocycles. The number of nitrogens with one attached hydrogen (secondary N) is 1. The van der Waals surface area contributed by atoms with Gasteiger partial charge in [-0.15, -0.1) is 0 Å². The zero-order valence-electron chi connectivity index (χ0n) is 6.50. The van der Waals surface area contributed by atoms with E-state index in [4.69, 9.17) is 28.4 Å². The van der Waals surface area contributed by atoms with Gasteiger partial charge in [-0.25, -0.2) is 0 Å². The van der Waals surface area contributed by atoms with Crippen LogP contribution in [0.25, 0.3) is 0 Å². The first-order chi connectivity index (χ1) is 6.20. The third-order valence-corrected chi connectivity index (χ3v) is 2.25. The number of aldehydes is 1. The Bertz CT molecular complexity index is 297. The van der Waals surface area contributed by atoms with Crippen molar-refractivity contribution < 1.29 is 10.0 Å². The minimum Gasteiger partial charge on any atom is -0.316 e. The predicted octanol–water partition coefficient (Wildman–Crippen LogP) is 2.21. The molecule has 0 saturated carbocycles. The zero-order valence-corrected chi connectivity index (χ0v) is 8.01. The standard InChI is InChI=1S/C8H7Cl2NO2/c9-5-2-1-3-6(10)8(5)7(4-12)11-13/h1-4,7,11,13H. The van der Waals surface area contributed by atoms with Crippen molar-refractivity contribution in [1.29, 1.82) is 0 Å². The van der Waals surface area contributed by atoms with Crippen molar-refractivity contribution in [3.63, 3.8) is 0 Å². The van der Waals surface area contributed by atoms with Gasteiger partial charge in [0.25, 0.3) is 0 Å². The van der Waals surface area contributed by atoms with E-state index in [1.165, 1.54) is 0 Å². The molecule has 0 heterocycles. The second-order valence-electron chi connectivity index (χ2n) is 2.38. The molecule has 5 heteroatoms. The van der Waals surface area contributed by atoms with Gasteiger partial charge >= 0.3 is 0 Å². The first kappa shape index (κ1) is 10.5. The van der Waals surface area contributed by atoms with Crippen LogP contribution in [0, 0.1) is 0 Å². The second-order valence-corrected chi connectivity index (χ2v) is 3.19. The van der Waals surface area contributed by atoms with Crippen LogP contribution in [0.3, 0.4) is 0 Å². The number of benzene rings is 1. The van der Waals surface area contributed by atoms with E-state index in [-0.39, 0.29) is 0 Å². The minimum atomic E-state index is -0.888. The Morgan fingerprint density at radius 2 is 1.92 bits per heavy atom. The molecule has 0 spiro atoms. The Balaban J connectivity index is 3.17. The summed E-state index contributed by atoms with van der Waals surface area (Å²) in [6.07, 6.45) is 0.521. The summed E-state index contributed by atoms with van der Waals surface area (Å²) in [5, 5.41) is 9.31. The zero-order chi connectivity index (χ0) is 9.84. The van der Waals surface area contributed by atoms with Crippen molar-refractivity contribution >= 4 is 29.5 Å². The van der Waals surface area contributed by atoms with Crippen molar-refractivity contribution in [3.05, 3.63) is 33.8 Å². The summed E-state index contributed by atoms with van der Waals surface area (Å²) in [5.41, 5.74) is 2.19. The summed E-state index contributed by atoms with van der Waals surface area (Å²) in [5.74, 6) is 0. The predicted molar refractivity (Wildman–Crippen MR) is 50.2 cm³/mol. The molecular formula is C8H7Cl2NO2. The summed E-state index contributed by atoms with van der Waals surface area (Å²) in [6.45, 7) is 0. The number of hydroxylamine groups is 1. The smallest absolute Gasteiger partial charge is 0.143 e. The molecule has 0 amide bonds. The van der Waals surface area contributed by atoms with Crippen LogP contribution in [0.15, 0.2) is 18.2 Å². The van der Waals surface area contributed by atoms with E-state index < -0.39 is 6.04 Å². The number of halogens is 2. The Morgan fingerprint density at radius 3 is 2.31 bits per heavy atom. The number of carbonyl (C=O) groups excluding carboxylic acids is 1. The minimum absolute atomic E-state index is 0.339. The molecule has 0 aliphatic heterocycles. The lowest BCUT2D eigenvalue weighted by Crippen LogP contribution is -2.18. The van der Waals surface area contributed by atoms with Crippen molar-refractivity contribution in [1.82, 2.24) is 5.48 Å². The molecule has 0 bridgehead atoms. The highest BCUT2D eigenvalue weighted by Crippen LogP contribution is 2.28. The summed E-state index contributed by atoms with van der Waals surface area (Å²) in [4.78, 5) is 10.5. The van der Waals surface area contributed by atoms with Crippen molar-refractivity contribution in [3.8, 4) is 0 Å². The van der Waals surface area contributed by atoms with Gasteiger partial charge in [-0.05, 0) is 12.1 Å². The molecule has 13 heavy (non-hydrogen) atoms. The fraction of sp³-hybridized carbons (Fsp3) is 0.125. The van der Waals surface area contributed by atoms with Crippen molar-refractivity contribution in [2.24, 2.45) is 0 Å². The van der Waals surface area contributed by atoms with E-state index in [2.05, 4.69) is 0 Å². The van der Waals surface area contributed by atoms with Crippen LogP contribution in [0.5, 0.6) is 0 Å². The summed E-state index contributed by atoms with van der Waals surface area (Å²) in [7, 11) is 0. The molecule has 0 aliphatic rings. The van der Waals surface area contributed by atoms with Gasteiger partial charge in [0.2, 0.25) is 0 Å². The molecule has 1 aromatic carbocycles. The second kappa shape index (κ2) is 4.58. The first-order valence-corrected chi connectivity index (χ1v) is 4.25. The number of carbonyl (C=O) groups is 1. The topological polar surface area (TPSA) is 49.3 Å². The van der Waals surface area contributed by atoms with Crippen LogP contribution in [-0.4, -0.2) is 11.5 Å². The molecule has 2 N–H and O–H groups in total. The quantitative estimate of drug-likeness (QED) is 0.606. The van der Waals surface area contributed by atoms with Crippen LogP contribution in [-0.2, 0) is 4.79 Å². The van der Waals surface area contributed by atoms with Crippen molar-refractivity contribution in [2.45, 2.75) is 6.04 Å². The first-order valence-electron chi connectivity index (χ1n) is 3.49. The number of hydrogen-bond donors (Lipinski definition) is 2. The average molecular weight is 220 g/mol. The lowest BCUT2D eigenvalue weighted by atomic mass is 10.1. The lowest BCUT2D eigenvalue weighted by Gasteiger charge is -2.11. The molecule has 1 rings (SSSR count). The van der Waals surface area contributed by atoms with Crippen LogP contribution in [0.2, 0.25) is 10.0 Å². The summed E-state index contributed by atoms with van der Waals surface area (Å²) < 4.78 is 0. The maximum absolute atomic E-state index is 10.5. The molecule has 0 radical (unpaired) electrons. The third-order valence-electron chi connectivity index (χ3n) is 1.59. The molecule has 1 unspecified atom stereocenters. The summed E-state index contributed by atoms with van der Waals surface area (Å²) in [6, 6.07) is 3.96. The van der Waals surface area contributed by atoms with E-state index in [9.17, 15) is 4.79 Å². The highest BCUT2D eigenvalue weighted by atomic mass is 35.5. The number of hydrogen-bond acceptors (Lipinski definition) is 3. The Morgan fingerprint density at radius 1 is 1.38 bits per heavy atom. The van der Waals surface area contributed by atoms with E-state index in [1.807, 2.05) is 5.48 Å². The van der Waals surface area contributed by atoms with Crippen LogP contribution >= 0.6 is 23.2 Å². The van der Waals surface area contributed by atoms with E-state index >= 15 is 0 Å². The monoisotopic (exact) mass is 219 g/mol. The lowest BCUT2D eigenvalue weighted by molar-refractivity contribution is -0.111. The SMILES string of the molecule is O=CC(NO)c1c(Cl)cccc1Cl. The van der Waals surface area contributed by atoms with Gasteiger partial charge in [0, 0.05) is 15.6 Å². The molecule has 0 fully saturated rings. The van der Waals surface area contributed by atoms with E-state index in [1.54, 1.807) is 18.2 Å². The molecule has 0 aliphatic carbocycles. The Hall–Kier alpha value is -0.610. The molecule has 1 aromatic rings. The number of rotatable bonds is 3. The summed E-state index contributed by atoms with van der Waals surface area (Å²) >= 11 is 11.6. The fourth-order valence-corrected chi connectivity index (χ4v) is 1.60. The van der Waals surface area contributed by atoms with Crippen LogP contribution < -0.4 is 5.48 Å². The Labute approximate surface area is 85.2 Å². The average Bonchev–Trinajstić information content (AvgIpc) is 2.11. The fourth-order valence-electron chi connectivity index (χ4n) is 0.971. The third kappa shape index (κ3) is 2.19. The molecule has 70 valence electrons. The highest BCUT2D eigenvalue weighted by molar-refractivity contribution is 6.36. The molecule has 0 aromatic heterocycles. The van der Waals surface area contributed by atoms with E-state index in [0.717, 1.165) is 0 Å². The Kier molecular flexibility index (Phi) is 3.69.